The van der Waals surface area contributed by atoms with Crippen molar-refractivity contribution in [1.29, 1.82) is 0 Å². The zero-order chi connectivity index (χ0) is 12.3. The Kier molecular flexibility index (Phi) is 3.57. The molecule has 0 saturated carbocycles. The van der Waals surface area contributed by atoms with Crippen molar-refractivity contribution in [2.45, 2.75) is 6.54 Å². The summed E-state index contributed by atoms with van der Waals surface area (Å²) in [6, 6.07) is 1.74. The van der Waals surface area contributed by atoms with Crippen LogP contribution in [0.5, 0.6) is 0 Å². The Morgan fingerprint density at radius 1 is 1.53 bits per heavy atom. The molecule has 2 heterocycles. The third-order valence-corrected chi connectivity index (χ3v) is 2.96. The number of halogens is 1. The van der Waals surface area contributed by atoms with Crippen LogP contribution in [0.2, 0.25) is 0 Å². The zero-order valence-corrected chi connectivity index (χ0v) is 10.7. The number of pyridine rings is 1. The van der Waals surface area contributed by atoms with E-state index in [0.29, 0.717) is 11.6 Å². The van der Waals surface area contributed by atoms with E-state index < -0.39 is 6.09 Å². The molecule has 0 unspecified atom stereocenters. The van der Waals surface area contributed by atoms with Crippen LogP contribution in [0.1, 0.15) is 5.89 Å². The second-order valence-electron chi connectivity index (χ2n) is 3.12. The Morgan fingerprint density at radius 3 is 2.94 bits per heavy atom. The van der Waals surface area contributed by atoms with Gasteiger partial charge in [0.25, 0.3) is 0 Å². The minimum atomic E-state index is -1.07. The van der Waals surface area contributed by atoms with E-state index in [-0.39, 0.29) is 6.54 Å². The topological polar surface area (TPSA) is 79.5 Å². The first-order chi connectivity index (χ1) is 8.18. The number of anilines is 1. The van der Waals surface area contributed by atoms with E-state index in [1.807, 2.05) is 0 Å². The van der Waals surface area contributed by atoms with Crippen LogP contribution in [-0.4, -0.2) is 21.2 Å². The molecule has 0 atom stereocenters. The minimum absolute atomic E-state index is 0.0596. The van der Waals surface area contributed by atoms with Gasteiger partial charge in [0.05, 0.1) is 18.1 Å². The lowest BCUT2D eigenvalue weighted by Crippen LogP contribution is -2.29. The average molecular weight is 345 g/mol. The van der Waals surface area contributed by atoms with Crippen molar-refractivity contribution in [1.82, 2.24) is 9.97 Å². The molecule has 0 bridgehead atoms. The normalized spacial score (nSPS) is 10.2. The van der Waals surface area contributed by atoms with Crippen LogP contribution in [0, 0.1) is 3.57 Å². The molecule has 0 fully saturated rings. The molecule has 2 rings (SSSR count). The molecular formula is C10H8IN3O3. The Hall–Kier alpha value is -1.64. The second-order valence-corrected chi connectivity index (χ2v) is 4.28. The number of aromatic nitrogens is 2. The predicted molar refractivity (Wildman–Crippen MR) is 67.7 cm³/mol. The number of hydrogen-bond acceptors (Lipinski definition) is 4. The van der Waals surface area contributed by atoms with Gasteiger partial charge in [-0.2, -0.15) is 0 Å². The van der Waals surface area contributed by atoms with Crippen LogP contribution in [-0.2, 0) is 6.54 Å². The molecule has 2 aromatic rings. The molecular weight excluding hydrogens is 337 g/mol. The van der Waals surface area contributed by atoms with E-state index in [1.165, 1.54) is 18.7 Å². The van der Waals surface area contributed by atoms with Crippen molar-refractivity contribution in [3.05, 3.63) is 40.4 Å². The van der Waals surface area contributed by atoms with Crippen molar-refractivity contribution in [2.75, 3.05) is 4.90 Å². The number of amides is 1. The van der Waals surface area contributed by atoms with Gasteiger partial charge in [0.1, 0.15) is 12.8 Å². The van der Waals surface area contributed by atoms with Crippen LogP contribution >= 0.6 is 22.6 Å². The quantitative estimate of drug-likeness (QED) is 0.864. The molecule has 0 aliphatic heterocycles. The molecule has 88 valence electrons. The SMILES string of the molecule is O=C(O)N(Cc1ncco1)c1cnccc1I. The molecule has 1 amide bonds. The van der Waals surface area contributed by atoms with Gasteiger partial charge in [0, 0.05) is 9.77 Å². The summed E-state index contributed by atoms with van der Waals surface area (Å²) in [7, 11) is 0. The number of oxazole rings is 1. The number of carboxylic acid groups (broad SMARTS) is 1. The summed E-state index contributed by atoms with van der Waals surface area (Å²) in [4.78, 5) is 20.2. The van der Waals surface area contributed by atoms with Crippen molar-refractivity contribution < 1.29 is 14.3 Å². The van der Waals surface area contributed by atoms with Gasteiger partial charge in [-0.25, -0.2) is 9.78 Å². The van der Waals surface area contributed by atoms with Crippen LogP contribution in [0.25, 0.3) is 0 Å². The first-order valence-corrected chi connectivity index (χ1v) is 5.74. The van der Waals surface area contributed by atoms with Crippen LogP contribution < -0.4 is 4.90 Å². The van der Waals surface area contributed by atoms with Gasteiger partial charge in [0.15, 0.2) is 0 Å². The Morgan fingerprint density at radius 2 is 2.35 bits per heavy atom. The van der Waals surface area contributed by atoms with E-state index in [4.69, 9.17) is 4.42 Å². The molecule has 0 aliphatic carbocycles. The highest BCUT2D eigenvalue weighted by Gasteiger charge is 2.19. The van der Waals surface area contributed by atoms with Crippen LogP contribution in [0.4, 0.5) is 10.5 Å². The highest BCUT2D eigenvalue weighted by atomic mass is 127. The predicted octanol–water partition coefficient (Wildman–Crippen LogP) is 2.36. The van der Waals surface area contributed by atoms with E-state index in [0.717, 1.165) is 8.47 Å². The Labute approximate surface area is 110 Å². The van der Waals surface area contributed by atoms with Crippen molar-refractivity contribution >= 4 is 34.4 Å². The molecule has 0 saturated heterocycles. The third kappa shape index (κ3) is 2.73. The van der Waals surface area contributed by atoms with Crippen molar-refractivity contribution in [2.24, 2.45) is 0 Å². The summed E-state index contributed by atoms with van der Waals surface area (Å²) in [6.07, 6.45) is 4.91. The molecule has 0 aromatic carbocycles. The second kappa shape index (κ2) is 5.13. The third-order valence-electron chi connectivity index (χ3n) is 2.05. The van der Waals surface area contributed by atoms with Gasteiger partial charge in [-0.15, -0.1) is 0 Å². The van der Waals surface area contributed by atoms with E-state index in [2.05, 4.69) is 32.6 Å². The summed E-state index contributed by atoms with van der Waals surface area (Å²) in [5.74, 6) is 0.340. The van der Waals surface area contributed by atoms with Gasteiger partial charge in [-0.05, 0) is 28.7 Å². The van der Waals surface area contributed by atoms with Crippen LogP contribution in [0.15, 0.2) is 35.3 Å². The lowest BCUT2D eigenvalue weighted by molar-refractivity contribution is 0.200. The van der Waals surface area contributed by atoms with Gasteiger partial charge in [-0.1, -0.05) is 0 Å². The molecule has 7 heteroatoms. The molecule has 1 N–H and O–H groups in total. The maximum absolute atomic E-state index is 11.2. The Bertz CT molecular complexity index is 515. The van der Waals surface area contributed by atoms with Gasteiger partial charge in [-0.3, -0.25) is 9.88 Å². The number of nitrogens with zero attached hydrogens (tertiary/aromatic N) is 3. The standard InChI is InChI=1S/C10H8IN3O3/c11-7-1-2-12-5-8(7)14(10(15)16)6-9-13-3-4-17-9/h1-5H,6H2,(H,15,16). The maximum Gasteiger partial charge on any atom is 0.412 e. The summed E-state index contributed by atoms with van der Waals surface area (Å²) in [5.41, 5.74) is 0.513. The maximum atomic E-state index is 11.2. The zero-order valence-electron chi connectivity index (χ0n) is 8.58. The number of hydrogen-bond donors (Lipinski definition) is 1. The van der Waals surface area contributed by atoms with Crippen molar-refractivity contribution in [3.63, 3.8) is 0 Å². The van der Waals surface area contributed by atoms with E-state index >= 15 is 0 Å². The monoisotopic (exact) mass is 345 g/mol. The van der Waals surface area contributed by atoms with E-state index in [9.17, 15) is 9.90 Å². The fourth-order valence-electron chi connectivity index (χ4n) is 1.29. The summed E-state index contributed by atoms with van der Waals surface area (Å²) in [6.45, 7) is 0.0596. The average Bonchev–Trinajstić information content (AvgIpc) is 2.79. The Balaban J connectivity index is 2.30. The lowest BCUT2D eigenvalue weighted by atomic mass is 10.3. The highest BCUT2D eigenvalue weighted by molar-refractivity contribution is 14.1. The lowest BCUT2D eigenvalue weighted by Gasteiger charge is -2.18. The first-order valence-electron chi connectivity index (χ1n) is 4.67. The van der Waals surface area contributed by atoms with Gasteiger partial charge >= 0.3 is 6.09 Å². The molecule has 0 aliphatic rings. The summed E-state index contributed by atoms with van der Waals surface area (Å²) < 4.78 is 5.83. The van der Waals surface area contributed by atoms with Gasteiger partial charge in [0.2, 0.25) is 5.89 Å². The molecule has 0 radical (unpaired) electrons. The minimum Gasteiger partial charge on any atom is -0.465 e. The fraction of sp³-hybridized carbons (Fsp3) is 0.100. The van der Waals surface area contributed by atoms with E-state index in [1.54, 1.807) is 12.3 Å². The number of carbonyl (C=O) groups is 1. The number of rotatable bonds is 3. The molecule has 0 spiro atoms. The molecule has 2 aromatic heterocycles. The molecule has 6 nitrogen and oxygen atoms in total. The van der Waals surface area contributed by atoms with Crippen molar-refractivity contribution in [3.8, 4) is 0 Å². The molecule has 17 heavy (non-hydrogen) atoms. The van der Waals surface area contributed by atoms with Gasteiger partial charge < -0.3 is 9.52 Å². The highest BCUT2D eigenvalue weighted by Crippen LogP contribution is 2.22. The summed E-state index contributed by atoms with van der Waals surface area (Å²) in [5, 5.41) is 9.18. The van der Waals surface area contributed by atoms with Crippen LogP contribution in [0.3, 0.4) is 0 Å². The fourth-order valence-corrected chi connectivity index (χ4v) is 1.88. The first kappa shape index (κ1) is 11.8. The largest absolute Gasteiger partial charge is 0.465 e. The smallest absolute Gasteiger partial charge is 0.412 e. The summed E-state index contributed by atoms with van der Waals surface area (Å²) >= 11 is 2.05.